The van der Waals surface area contributed by atoms with Gasteiger partial charge in [-0.15, -0.1) is 0 Å². The van der Waals surface area contributed by atoms with Crippen molar-refractivity contribution in [3.05, 3.63) is 59.0 Å². The molecule has 382 valence electrons. The van der Waals surface area contributed by atoms with Gasteiger partial charge in [0, 0.05) is 12.0 Å². The molecule has 0 radical (unpaired) electrons. The van der Waals surface area contributed by atoms with Crippen LogP contribution in [0, 0.1) is 12.3 Å². The zero-order chi connectivity index (χ0) is 51.5. The summed E-state index contributed by atoms with van der Waals surface area (Å²) in [6.07, 6.45) is -1.04. The number of carboxylic acid groups (broad SMARTS) is 1. The third-order valence-electron chi connectivity index (χ3n) is 13.5. The van der Waals surface area contributed by atoms with Crippen molar-refractivity contribution in [3.8, 4) is 11.5 Å². The van der Waals surface area contributed by atoms with Crippen molar-refractivity contribution in [2.75, 3.05) is 31.6 Å². The number of carbonyl (C=O) groups excluding carboxylic acids is 9. The first kappa shape index (κ1) is 54.8. The molecule has 9 unspecified atom stereocenters. The molecule has 2 aromatic carbocycles. The number of aliphatic hydroxyl groups excluding tert-OH is 2. The van der Waals surface area contributed by atoms with Crippen LogP contribution >= 0.6 is 0 Å². The summed E-state index contributed by atoms with van der Waals surface area (Å²) in [5.74, 6) is -9.37. The Bertz CT molecular complexity index is 2540. The molecule has 5 aliphatic rings. The number of anilines is 1. The van der Waals surface area contributed by atoms with Gasteiger partial charge in [-0.25, -0.2) is 11.1 Å². The van der Waals surface area contributed by atoms with Crippen LogP contribution in [0.5, 0.6) is 11.5 Å². The molecule has 5 aliphatic heterocycles. The maximum Gasteiger partial charge on any atom is 1.00 e. The van der Waals surface area contributed by atoms with E-state index in [0.29, 0.717) is 11.1 Å². The molecule has 1 spiro atoms. The van der Waals surface area contributed by atoms with Crippen molar-refractivity contribution in [3.63, 3.8) is 0 Å². The minimum Gasteiger partial charge on any atom is -0.540 e. The standard InChI is InChI=1S/C46H54FN9O15.Na/c1-4-45(3)38(43(68)69)53-32(61)20-56(47)33(62)19-49-39(64)28(51-31(60)10-12-57)18-46-24-6-5-7-29(71-45)34(24)55-44(46)70-37-23-14-21(2)15-27(52-40(65)26-8-9-30(59)50-26)41(66)54-35(42(67)48-11-13-58)36(63)22(16-23)17-25(37)46;/h5-7,10,16-17,21,26-28,35-36,38,44,55,57,63H,4,8-9,11-12,14-15,18-20H2,1-3H3,(H,48,67)(H,49,64)(H,50,59)(H,51,60)(H,52,65)(H,53,61)(H,54,66)(H,68,69);/q-2;+1/t21?,26?,27?,28?,35?,36?,38?,44?,45?,46-;/m0./s1. The zero-order valence-corrected chi connectivity index (χ0v) is 41.7. The fraction of sp³-hybridized carbons (Fsp3) is 0.500. The third-order valence-corrected chi connectivity index (χ3v) is 13.5. The van der Waals surface area contributed by atoms with Gasteiger partial charge in [-0.3, -0.25) is 40.0 Å². The third kappa shape index (κ3) is 11.1. The Morgan fingerprint density at radius 3 is 2.40 bits per heavy atom. The second-order valence-corrected chi connectivity index (χ2v) is 18.3. The van der Waals surface area contributed by atoms with Gasteiger partial charge >= 0.3 is 35.5 Å². The number of carboxylic acids is 1. The molecule has 0 aromatic heterocycles. The van der Waals surface area contributed by atoms with Gasteiger partial charge in [0.05, 0.1) is 23.6 Å². The first-order valence-corrected chi connectivity index (χ1v) is 22.9. The Balaban J connectivity index is 0.00000847. The molecule has 0 aliphatic carbocycles. The number of hydrogen-bond donors (Lipinski definition) is 11. The van der Waals surface area contributed by atoms with E-state index in [1.54, 1.807) is 32.0 Å². The van der Waals surface area contributed by atoms with E-state index in [2.05, 4.69) is 42.5 Å². The Morgan fingerprint density at radius 1 is 0.986 bits per heavy atom. The number of ether oxygens (including phenoxy) is 2. The molecule has 11 N–H and O–H groups in total. The molecular weight excluding hydrogens is 961 g/mol. The number of aliphatic carboxylic acids is 1. The first-order valence-electron chi connectivity index (χ1n) is 22.9. The Morgan fingerprint density at radius 2 is 1.74 bits per heavy atom. The average molecular weight is 1010 g/mol. The summed E-state index contributed by atoms with van der Waals surface area (Å²) in [5.41, 5.74) is -2.25. The molecule has 5 heterocycles. The number of aliphatic hydroxyl groups is 2. The van der Waals surface area contributed by atoms with Gasteiger partial charge in [0.15, 0.2) is 12.3 Å². The van der Waals surface area contributed by atoms with Crippen LogP contribution in [-0.2, 0) is 59.8 Å². The van der Waals surface area contributed by atoms with E-state index in [0.717, 1.165) is 6.42 Å². The molecular formula is C46H54FN9NaO15-. The van der Waals surface area contributed by atoms with Crippen molar-refractivity contribution in [2.45, 2.75) is 113 Å². The second kappa shape index (κ2) is 22.5. The number of amides is 8. The Kier molecular flexibility index (Phi) is 17.1. The van der Waals surface area contributed by atoms with E-state index >= 15 is 4.48 Å². The largest absolute Gasteiger partial charge is 1.00 e. The van der Waals surface area contributed by atoms with E-state index in [9.17, 15) is 63.3 Å². The van der Waals surface area contributed by atoms with Crippen LogP contribution in [0.1, 0.15) is 81.2 Å². The maximum atomic E-state index is 15.2. The number of benzene rings is 2. The normalized spacial score (nSPS) is 29.1. The van der Waals surface area contributed by atoms with E-state index in [1.807, 2.05) is 0 Å². The fourth-order valence-corrected chi connectivity index (χ4v) is 9.74. The molecule has 1 saturated heterocycles. The number of nitrogens with one attached hydrogen (secondary N) is 8. The predicted octanol–water partition coefficient (Wildman–Crippen LogP) is -5.76. The van der Waals surface area contributed by atoms with E-state index < -0.39 is 145 Å². The Labute approximate surface area is 433 Å². The van der Waals surface area contributed by atoms with Crippen LogP contribution in [0.15, 0.2) is 30.3 Å². The van der Waals surface area contributed by atoms with Crippen LogP contribution in [0.2, 0.25) is 0 Å². The van der Waals surface area contributed by atoms with Gasteiger partial charge < -0.3 is 76.9 Å². The number of hydrogen-bond acceptors (Lipinski definition) is 15. The number of carbonyl (C=O) groups is 9. The summed E-state index contributed by atoms with van der Waals surface area (Å²) >= 11 is 0. The van der Waals surface area contributed by atoms with Gasteiger partial charge in [0.1, 0.15) is 53.9 Å². The number of para-hydroxylation sites is 1. The molecule has 8 amide bonds. The number of halogens is 1. The van der Waals surface area contributed by atoms with Gasteiger partial charge in [-0.05, 0) is 79.8 Å². The summed E-state index contributed by atoms with van der Waals surface area (Å²) in [6, 6.07) is 0.128. The minimum absolute atomic E-state index is 0. The van der Waals surface area contributed by atoms with Crippen molar-refractivity contribution < 1.29 is 107 Å². The molecule has 1 fully saturated rings. The van der Waals surface area contributed by atoms with Gasteiger partial charge in [0.25, 0.3) is 5.91 Å². The van der Waals surface area contributed by atoms with Crippen LogP contribution < -0.4 is 81.6 Å². The first-order chi connectivity index (χ1) is 33.7. The van der Waals surface area contributed by atoms with Crippen molar-refractivity contribution in [1.29, 1.82) is 0 Å². The molecule has 6 bridgehead atoms. The molecule has 10 atom stereocenters. The van der Waals surface area contributed by atoms with Crippen LogP contribution in [-0.4, -0.2) is 148 Å². The average Bonchev–Trinajstić information content (AvgIpc) is 4.00. The smallest absolute Gasteiger partial charge is 0.540 e. The topological polar surface area (TPSA) is 349 Å². The molecule has 7 rings (SSSR count). The van der Waals surface area contributed by atoms with Crippen LogP contribution in [0.25, 0.3) is 0 Å². The molecule has 2 aromatic rings. The summed E-state index contributed by atoms with van der Waals surface area (Å²) in [5, 5.41) is 52.2. The second-order valence-electron chi connectivity index (χ2n) is 18.3. The summed E-state index contributed by atoms with van der Waals surface area (Å²) in [6.45, 7) is 1.05. The Hall–Kier alpha value is -6.54. The van der Waals surface area contributed by atoms with Crippen LogP contribution in [0.4, 0.5) is 10.2 Å². The molecule has 26 heteroatoms. The zero-order valence-electron chi connectivity index (χ0n) is 39.7. The van der Waals surface area contributed by atoms with E-state index in [4.69, 9.17) is 9.47 Å². The van der Waals surface area contributed by atoms with Crippen LogP contribution in [0.3, 0.4) is 0 Å². The van der Waals surface area contributed by atoms with Gasteiger partial charge in [-0.1, -0.05) is 43.6 Å². The number of nitrogens with zero attached hydrogens (tertiary/aromatic N) is 1. The maximum absolute atomic E-state index is 15.2. The SMILES string of the molecule is CCC1(C)Oc2cccc3c2NC2Oc4c5cc(cc4[C@]32CC(NC(=O)[CH-]CO)C(=O)NCC(=O)N(F)CC(=O)NC1C(=O)O)C(O)C(C(=O)NC[C-]=O)NC(=O)C(NC(=O)C1CCC(=O)N1)CC(C)C5.[Na+]. The quantitative estimate of drug-likeness (QED) is 0.0600. The van der Waals surface area contributed by atoms with E-state index in [-0.39, 0.29) is 95.9 Å². The van der Waals surface area contributed by atoms with E-state index in [1.165, 1.54) is 25.3 Å². The van der Waals surface area contributed by atoms with Crippen molar-refractivity contribution >= 4 is 65.2 Å². The summed E-state index contributed by atoms with van der Waals surface area (Å²) in [4.78, 5) is 131. The summed E-state index contributed by atoms with van der Waals surface area (Å²) in [7, 11) is 0. The number of rotatable bonds is 10. The molecule has 0 saturated carbocycles. The van der Waals surface area contributed by atoms with Gasteiger partial charge in [-0.2, -0.15) is 5.12 Å². The predicted molar refractivity (Wildman–Crippen MR) is 241 cm³/mol. The van der Waals surface area contributed by atoms with Gasteiger partial charge in [0.2, 0.25) is 35.4 Å². The fourth-order valence-electron chi connectivity index (χ4n) is 9.74. The monoisotopic (exact) mass is 1010 g/mol. The van der Waals surface area contributed by atoms with Crippen molar-refractivity contribution in [2.24, 2.45) is 5.92 Å². The molecule has 72 heavy (non-hydrogen) atoms. The van der Waals surface area contributed by atoms with Crippen molar-refractivity contribution in [1.82, 2.24) is 42.3 Å². The molecule has 24 nitrogen and oxygen atoms in total. The summed E-state index contributed by atoms with van der Waals surface area (Å²) < 4.78 is 28.6. The minimum atomic E-state index is -1.91. The number of fused-ring (bicyclic) bond motifs is 4.